The smallest absolute Gasteiger partial charge is 0.0473 e. The van der Waals surface area contributed by atoms with Crippen LogP contribution in [0.1, 0.15) is 43.7 Å². The number of halogens is 1. The van der Waals surface area contributed by atoms with Crippen molar-refractivity contribution >= 4 is 11.6 Å². The molecule has 1 saturated heterocycles. The van der Waals surface area contributed by atoms with Gasteiger partial charge in [-0.1, -0.05) is 30.2 Å². The summed E-state index contributed by atoms with van der Waals surface area (Å²) in [5, 5.41) is 0.803. The lowest BCUT2D eigenvalue weighted by atomic mass is 9.89. The molecule has 0 radical (unpaired) electrons. The van der Waals surface area contributed by atoms with Crippen LogP contribution in [0.3, 0.4) is 0 Å². The molecule has 1 aliphatic heterocycles. The Bertz CT molecular complexity index is 417. The highest BCUT2D eigenvalue weighted by atomic mass is 35.5. The molecule has 3 rings (SSSR count). The highest BCUT2D eigenvalue weighted by molar-refractivity contribution is 6.30. The maximum absolute atomic E-state index is 6.08. The van der Waals surface area contributed by atoms with Crippen molar-refractivity contribution in [3.63, 3.8) is 0 Å². The van der Waals surface area contributed by atoms with Gasteiger partial charge in [0.2, 0.25) is 0 Å². The third kappa shape index (κ3) is 2.67. The van der Waals surface area contributed by atoms with Crippen LogP contribution in [0.4, 0.5) is 0 Å². The molecule has 3 heteroatoms. The van der Waals surface area contributed by atoms with Gasteiger partial charge in [0.1, 0.15) is 0 Å². The van der Waals surface area contributed by atoms with E-state index in [-0.39, 0.29) is 0 Å². The van der Waals surface area contributed by atoms with Crippen molar-refractivity contribution < 1.29 is 0 Å². The van der Waals surface area contributed by atoms with Crippen LogP contribution in [0.15, 0.2) is 24.3 Å². The molecule has 2 aliphatic rings. The lowest BCUT2D eigenvalue weighted by Crippen LogP contribution is -2.46. The largest absolute Gasteiger partial charge is 0.329 e. The number of hydrogen-bond donors (Lipinski definition) is 1. The normalized spacial score (nSPS) is 29.2. The van der Waals surface area contributed by atoms with Crippen LogP contribution in [0.2, 0.25) is 5.02 Å². The molecule has 2 nitrogen and oxygen atoms in total. The predicted molar refractivity (Wildman–Crippen MR) is 80.3 cm³/mol. The number of rotatable bonds is 3. The highest BCUT2D eigenvalue weighted by Crippen LogP contribution is 2.40. The van der Waals surface area contributed by atoms with Gasteiger partial charge in [-0.15, -0.1) is 0 Å². The van der Waals surface area contributed by atoms with Crippen molar-refractivity contribution in [1.29, 1.82) is 0 Å². The Morgan fingerprint density at radius 2 is 1.89 bits per heavy atom. The second-order valence-corrected chi connectivity index (χ2v) is 6.38. The summed E-state index contributed by atoms with van der Waals surface area (Å²) in [6.07, 6.45) is 6.90. The average molecular weight is 279 g/mol. The molecule has 0 amide bonds. The third-order valence-corrected chi connectivity index (χ3v) is 5.17. The summed E-state index contributed by atoms with van der Waals surface area (Å²) in [7, 11) is 0. The Hall–Kier alpha value is -0.570. The van der Waals surface area contributed by atoms with Gasteiger partial charge < -0.3 is 5.73 Å². The number of fused-ring (bicyclic) bond motifs is 1. The molecule has 1 aliphatic carbocycles. The van der Waals surface area contributed by atoms with Crippen molar-refractivity contribution in [2.75, 3.05) is 13.1 Å². The summed E-state index contributed by atoms with van der Waals surface area (Å²) in [6.45, 7) is 1.90. The molecule has 0 bridgehead atoms. The maximum atomic E-state index is 6.08. The quantitative estimate of drug-likeness (QED) is 0.915. The number of likely N-dealkylation sites (tertiary alicyclic amines) is 1. The molecule has 0 spiro atoms. The molecule has 0 aromatic heterocycles. The minimum Gasteiger partial charge on any atom is -0.329 e. The first kappa shape index (κ1) is 13.4. The minimum absolute atomic E-state index is 0.364. The Labute approximate surface area is 120 Å². The SMILES string of the molecule is NCC(c1ccc(Cl)cc1)N1CCCC2CCCC21. The summed E-state index contributed by atoms with van der Waals surface area (Å²) >= 11 is 5.99. The fourth-order valence-corrected chi connectivity index (χ4v) is 4.15. The van der Waals surface area contributed by atoms with Crippen LogP contribution in [-0.2, 0) is 0 Å². The molecule has 1 aromatic carbocycles. The summed E-state index contributed by atoms with van der Waals surface area (Å²) in [5.41, 5.74) is 7.40. The second-order valence-electron chi connectivity index (χ2n) is 5.94. The van der Waals surface area contributed by atoms with Crippen LogP contribution in [0.25, 0.3) is 0 Å². The van der Waals surface area contributed by atoms with Gasteiger partial charge in [0.25, 0.3) is 0 Å². The van der Waals surface area contributed by atoms with Gasteiger partial charge in [0.15, 0.2) is 0 Å². The number of piperidine rings is 1. The van der Waals surface area contributed by atoms with Gasteiger partial charge in [0, 0.05) is 23.7 Å². The van der Waals surface area contributed by atoms with Crippen LogP contribution < -0.4 is 5.73 Å². The van der Waals surface area contributed by atoms with E-state index in [9.17, 15) is 0 Å². The molecule has 1 aromatic rings. The van der Waals surface area contributed by atoms with E-state index >= 15 is 0 Å². The number of benzene rings is 1. The van der Waals surface area contributed by atoms with Crippen LogP contribution in [0, 0.1) is 5.92 Å². The van der Waals surface area contributed by atoms with E-state index < -0.39 is 0 Å². The Morgan fingerprint density at radius 1 is 1.16 bits per heavy atom. The molecule has 2 N–H and O–H groups in total. The topological polar surface area (TPSA) is 29.3 Å². The van der Waals surface area contributed by atoms with E-state index in [1.165, 1.54) is 44.2 Å². The van der Waals surface area contributed by atoms with Crippen LogP contribution >= 0.6 is 11.6 Å². The molecular formula is C16H23ClN2. The van der Waals surface area contributed by atoms with Gasteiger partial charge in [0.05, 0.1) is 0 Å². The Balaban J connectivity index is 1.82. The van der Waals surface area contributed by atoms with Crippen molar-refractivity contribution in [2.45, 2.75) is 44.2 Å². The zero-order valence-corrected chi connectivity index (χ0v) is 12.1. The summed E-state index contributed by atoms with van der Waals surface area (Å²) in [5.74, 6) is 0.912. The van der Waals surface area contributed by atoms with Gasteiger partial charge in [-0.3, -0.25) is 4.90 Å². The average Bonchev–Trinajstić information content (AvgIpc) is 2.91. The number of nitrogens with two attached hydrogens (primary N) is 1. The highest BCUT2D eigenvalue weighted by Gasteiger charge is 2.38. The Kier molecular flexibility index (Phi) is 4.11. The fourth-order valence-electron chi connectivity index (χ4n) is 4.03. The lowest BCUT2D eigenvalue weighted by Gasteiger charge is -2.42. The third-order valence-electron chi connectivity index (χ3n) is 4.91. The van der Waals surface area contributed by atoms with Gasteiger partial charge in [-0.2, -0.15) is 0 Å². The van der Waals surface area contributed by atoms with Crippen molar-refractivity contribution in [1.82, 2.24) is 4.90 Å². The molecule has 3 unspecified atom stereocenters. The minimum atomic E-state index is 0.364. The molecule has 104 valence electrons. The molecule has 1 saturated carbocycles. The van der Waals surface area contributed by atoms with Gasteiger partial charge in [-0.25, -0.2) is 0 Å². The zero-order chi connectivity index (χ0) is 13.2. The summed E-state index contributed by atoms with van der Waals surface area (Å²) in [4.78, 5) is 2.67. The van der Waals surface area contributed by atoms with Gasteiger partial charge in [-0.05, 0) is 55.8 Å². The summed E-state index contributed by atoms with van der Waals surface area (Å²) < 4.78 is 0. The van der Waals surface area contributed by atoms with Crippen LogP contribution in [0.5, 0.6) is 0 Å². The van der Waals surface area contributed by atoms with Gasteiger partial charge >= 0.3 is 0 Å². The summed E-state index contributed by atoms with van der Waals surface area (Å²) in [6, 6.07) is 9.36. The Morgan fingerprint density at radius 3 is 2.63 bits per heavy atom. The van der Waals surface area contributed by atoms with E-state index in [0.29, 0.717) is 12.6 Å². The monoisotopic (exact) mass is 278 g/mol. The second kappa shape index (κ2) is 5.82. The first-order valence-corrected chi connectivity index (χ1v) is 7.88. The number of hydrogen-bond acceptors (Lipinski definition) is 2. The van der Waals surface area contributed by atoms with E-state index in [4.69, 9.17) is 17.3 Å². The van der Waals surface area contributed by atoms with Crippen LogP contribution in [-0.4, -0.2) is 24.0 Å². The van der Waals surface area contributed by atoms with Crippen molar-refractivity contribution in [3.8, 4) is 0 Å². The molecule has 2 fully saturated rings. The zero-order valence-electron chi connectivity index (χ0n) is 11.4. The standard InChI is InChI=1S/C16H23ClN2/c17-14-8-6-13(7-9-14)16(11-18)19-10-2-4-12-3-1-5-15(12)19/h6-9,12,15-16H,1-5,10-11,18H2. The van der Waals surface area contributed by atoms with Crippen molar-refractivity contribution in [3.05, 3.63) is 34.9 Å². The van der Waals surface area contributed by atoms with E-state index in [2.05, 4.69) is 17.0 Å². The van der Waals surface area contributed by atoms with E-state index in [1.54, 1.807) is 0 Å². The van der Waals surface area contributed by atoms with E-state index in [1.807, 2.05) is 12.1 Å². The molecule has 1 heterocycles. The van der Waals surface area contributed by atoms with Crippen molar-refractivity contribution in [2.24, 2.45) is 11.7 Å². The predicted octanol–water partition coefficient (Wildman–Crippen LogP) is 3.60. The molecule has 3 atom stereocenters. The van der Waals surface area contributed by atoms with E-state index in [0.717, 1.165) is 17.0 Å². The lowest BCUT2D eigenvalue weighted by molar-refractivity contribution is 0.0701. The maximum Gasteiger partial charge on any atom is 0.0473 e. The fraction of sp³-hybridized carbons (Fsp3) is 0.625. The molecular weight excluding hydrogens is 256 g/mol. The molecule has 19 heavy (non-hydrogen) atoms. The number of nitrogens with zero attached hydrogens (tertiary/aromatic N) is 1. The first-order valence-electron chi connectivity index (χ1n) is 7.51. The first-order chi connectivity index (χ1) is 9.29.